The summed E-state index contributed by atoms with van der Waals surface area (Å²) in [6, 6.07) is 7.44. The first-order valence-corrected chi connectivity index (χ1v) is 9.46. The number of hydrogen-bond acceptors (Lipinski definition) is 6. The minimum Gasteiger partial charge on any atom is -0.333 e. The fourth-order valence-corrected chi connectivity index (χ4v) is 4.11. The zero-order valence-electron chi connectivity index (χ0n) is 14.4. The van der Waals surface area contributed by atoms with Gasteiger partial charge in [-0.3, -0.25) is 14.5 Å². The van der Waals surface area contributed by atoms with Crippen LogP contribution in [0, 0.1) is 0 Å². The fraction of sp³-hybridized carbons (Fsp3) is 0.375. The first-order chi connectivity index (χ1) is 11.7. The number of amides is 3. The molecule has 2 heterocycles. The van der Waals surface area contributed by atoms with Crippen LogP contribution in [0.5, 0.6) is 0 Å². The highest BCUT2D eigenvalue weighted by Gasteiger charge is 2.22. The van der Waals surface area contributed by atoms with Crippen molar-refractivity contribution in [2.24, 2.45) is 0 Å². The van der Waals surface area contributed by atoms with E-state index in [9.17, 15) is 9.59 Å². The number of thiazole rings is 1. The van der Waals surface area contributed by atoms with Crippen molar-refractivity contribution in [3.05, 3.63) is 24.3 Å². The van der Waals surface area contributed by atoms with Crippen molar-refractivity contribution in [3.63, 3.8) is 0 Å². The van der Waals surface area contributed by atoms with Crippen LogP contribution in [-0.2, 0) is 4.79 Å². The molecule has 0 radical (unpaired) electrons. The van der Waals surface area contributed by atoms with Crippen LogP contribution in [0.15, 0.2) is 29.4 Å². The van der Waals surface area contributed by atoms with Crippen molar-refractivity contribution in [3.8, 4) is 0 Å². The van der Waals surface area contributed by atoms with E-state index in [4.69, 9.17) is 0 Å². The van der Waals surface area contributed by atoms with Crippen LogP contribution >= 0.6 is 23.1 Å². The van der Waals surface area contributed by atoms with E-state index in [2.05, 4.69) is 20.8 Å². The van der Waals surface area contributed by atoms with Gasteiger partial charge in [-0.05, 0) is 39.8 Å². The Morgan fingerprint density at radius 2 is 1.96 bits per heavy atom. The van der Waals surface area contributed by atoms with Crippen LogP contribution in [-0.4, -0.2) is 37.3 Å². The number of benzene rings is 1. The number of para-hydroxylation sites is 1. The quantitative estimate of drug-likeness (QED) is 0.685. The second-order valence-electron chi connectivity index (χ2n) is 6.62. The number of nitrogens with one attached hydrogen (secondary N) is 2. The predicted molar refractivity (Wildman–Crippen MR) is 100 cm³/mol. The molecule has 0 aliphatic carbocycles. The molecule has 0 bridgehead atoms. The molecule has 0 spiro atoms. The highest BCUT2D eigenvalue weighted by atomic mass is 32.2. The van der Waals surface area contributed by atoms with Crippen molar-refractivity contribution in [2.45, 2.75) is 43.6 Å². The molecule has 0 fully saturated rings. The molecule has 0 aliphatic heterocycles. The van der Waals surface area contributed by atoms with Gasteiger partial charge in [0.2, 0.25) is 10.9 Å². The maximum absolute atomic E-state index is 12.3. The van der Waals surface area contributed by atoms with Crippen LogP contribution in [0.4, 0.5) is 4.79 Å². The van der Waals surface area contributed by atoms with E-state index >= 15 is 0 Å². The third-order valence-corrected chi connectivity index (χ3v) is 5.34. The molecular formula is C16H19N5O2S2. The second-order valence-corrected chi connectivity index (χ2v) is 8.94. The number of imide groups is 1. The summed E-state index contributed by atoms with van der Waals surface area (Å²) in [5, 5.41) is 13.6. The Hall–Kier alpha value is -2.13. The maximum Gasteiger partial charge on any atom is 0.321 e. The lowest BCUT2D eigenvalue weighted by Crippen LogP contribution is -2.49. The summed E-state index contributed by atoms with van der Waals surface area (Å²) in [4.78, 5) is 24.9. The van der Waals surface area contributed by atoms with Crippen LogP contribution in [0.3, 0.4) is 0 Å². The molecule has 1 unspecified atom stereocenters. The Balaban J connectivity index is 1.74. The molecule has 3 aromatic rings. The predicted octanol–water partition coefficient (Wildman–Crippen LogP) is 3.05. The van der Waals surface area contributed by atoms with E-state index in [0.29, 0.717) is 5.16 Å². The van der Waals surface area contributed by atoms with Crippen molar-refractivity contribution in [2.75, 3.05) is 0 Å². The van der Waals surface area contributed by atoms with Crippen molar-refractivity contribution < 1.29 is 9.59 Å². The lowest BCUT2D eigenvalue weighted by atomic mass is 10.1. The van der Waals surface area contributed by atoms with Crippen LogP contribution in [0.1, 0.15) is 27.7 Å². The smallest absolute Gasteiger partial charge is 0.321 e. The molecule has 7 nitrogen and oxygen atoms in total. The molecule has 25 heavy (non-hydrogen) atoms. The summed E-state index contributed by atoms with van der Waals surface area (Å²) in [6.45, 7) is 7.29. The highest BCUT2D eigenvalue weighted by Crippen LogP contribution is 2.30. The van der Waals surface area contributed by atoms with Gasteiger partial charge in [-0.25, -0.2) is 4.79 Å². The number of carbonyl (C=O) groups is 2. The lowest BCUT2D eigenvalue weighted by molar-refractivity contribution is -0.119. The Morgan fingerprint density at radius 3 is 2.68 bits per heavy atom. The van der Waals surface area contributed by atoms with E-state index in [1.165, 1.54) is 11.8 Å². The zero-order valence-corrected chi connectivity index (χ0v) is 16.0. The van der Waals surface area contributed by atoms with Gasteiger partial charge in [-0.2, -0.15) is 0 Å². The number of rotatable bonds is 3. The van der Waals surface area contributed by atoms with Gasteiger partial charge in [0.1, 0.15) is 0 Å². The lowest BCUT2D eigenvalue weighted by Gasteiger charge is -2.21. The Bertz CT molecular complexity index is 941. The van der Waals surface area contributed by atoms with E-state index in [1.807, 2.05) is 49.4 Å². The number of carbonyl (C=O) groups excluding carboxylic acids is 2. The number of urea groups is 1. The molecule has 9 heteroatoms. The number of nitrogens with zero attached hydrogens (tertiary/aromatic N) is 3. The van der Waals surface area contributed by atoms with E-state index in [-0.39, 0.29) is 5.91 Å². The van der Waals surface area contributed by atoms with Gasteiger partial charge >= 0.3 is 6.03 Å². The minimum absolute atomic E-state index is 0.372. The average Bonchev–Trinajstić information content (AvgIpc) is 3.05. The molecule has 1 atom stereocenters. The monoisotopic (exact) mass is 377 g/mol. The molecule has 0 aliphatic rings. The highest BCUT2D eigenvalue weighted by molar-refractivity contribution is 8.00. The summed E-state index contributed by atoms with van der Waals surface area (Å²) in [5.41, 5.74) is 0.600. The first kappa shape index (κ1) is 17.7. The summed E-state index contributed by atoms with van der Waals surface area (Å²) in [7, 11) is 0. The van der Waals surface area contributed by atoms with Gasteiger partial charge in [0.05, 0.1) is 15.5 Å². The van der Waals surface area contributed by atoms with Crippen LogP contribution < -0.4 is 10.6 Å². The number of hydrogen-bond donors (Lipinski definition) is 2. The van der Waals surface area contributed by atoms with E-state index in [0.717, 1.165) is 15.2 Å². The third kappa shape index (κ3) is 3.93. The topological polar surface area (TPSA) is 88.4 Å². The Labute approximate surface area is 153 Å². The number of fused-ring (bicyclic) bond motifs is 3. The fourth-order valence-electron chi connectivity index (χ4n) is 2.23. The summed E-state index contributed by atoms with van der Waals surface area (Å²) in [6.07, 6.45) is 0. The van der Waals surface area contributed by atoms with Crippen molar-refractivity contribution in [1.82, 2.24) is 25.2 Å². The average molecular weight is 377 g/mol. The molecular weight excluding hydrogens is 358 g/mol. The molecule has 0 saturated carbocycles. The molecule has 3 rings (SSSR count). The van der Waals surface area contributed by atoms with E-state index in [1.54, 1.807) is 18.3 Å². The Kier molecular flexibility index (Phi) is 4.70. The van der Waals surface area contributed by atoms with Crippen molar-refractivity contribution >= 4 is 50.2 Å². The summed E-state index contributed by atoms with van der Waals surface area (Å²) < 4.78 is 3.04. The standard InChI is InChI=1S/C16H19N5O2S2/c1-9(12(22)17-13(23)18-16(2,3)4)24-14-19-20-15-21(14)10-7-5-6-8-11(10)25-15/h5-9H,1-4H3,(H2,17,18,22,23). The van der Waals surface area contributed by atoms with Gasteiger partial charge < -0.3 is 5.32 Å². The Morgan fingerprint density at radius 1 is 1.24 bits per heavy atom. The normalized spacial score (nSPS) is 13.1. The molecule has 2 N–H and O–H groups in total. The van der Waals surface area contributed by atoms with Gasteiger partial charge in [0.25, 0.3) is 0 Å². The zero-order chi connectivity index (χ0) is 18.2. The van der Waals surface area contributed by atoms with E-state index < -0.39 is 16.8 Å². The minimum atomic E-state index is -0.502. The second kappa shape index (κ2) is 6.64. The molecule has 1 aromatic carbocycles. The van der Waals surface area contributed by atoms with Gasteiger partial charge in [0, 0.05) is 5.54 Å². The summed E-state index contributed by atoms with van der Waals surface area (Å²) >= 11 is 2.82. The number of aromatic nitrogens is 3. The third-order valence-electron chi connectivity index (χ3n) is 3.29. The molecule has 0 saturated heterocycles. The van der Waals surface area contributed by atoms with Gasteiger partial charge in [-0.1, -0.05) is 35.2 Å². The number of thioether (sulfide) groups is 1. The largest absolute Gasteiger partial charge is 0.333 e. The maximum atomic E-state index is 12.3. The summed E-state index contributed by atoms with van der Waals surface area (Å²) in [5.74, 6) is -0.372. The molecule has 3 amide bonds. The van der Waals surface area contributed by atoms with Crippen LogP contribution in [0.2, 0.25) is 0 Å². The van der Waals surface area contributed by atoms with Crippen molar-refractivity contribution in [1.29, 1.82) is 0 Å². The van der Waals surface area contributed by atoms with Crippen LogP contribution in [0.25, 0.3) is 15.2 Å². The molecule has 132 valence electrons. The molecule has 2 aromatic heterocycles. The SMILES string of the molecule is CC(Sc1nnc2sc3ccccc3n12)C(=O)NC(=O)NC(C)(C)C. The van der Waals surface area contributed by atoms with Gasteiger partial charge in [0.15, 0.2) is 5.16 Å². The first-order valence-electron chi connectivity index (χ1n) is 7.77. The van der Waals surface area contributed by atoms with Gasteiger partial charge in [-0.15, -0.1) is 10.2 Å².